The van der Waals surface area contributed by atoms with Gasteiger partial charge >= 0.3 is 0 Å². The Morgan fingerprint density at radius 3 is 3.31 bits per heavy atom. The van der Waals surface area contributed by atoms with Gasteiger partial charge in [0, 0.05) is 11.8 Å². The number of hydrogen-bond donors (Lipinski definition) is 0. The molecular weight excluding hydrogens is 170 g/mol. The van der Waals surface area contributed by atoms with Gasteiger partial charge in [-0.2, -0.15) is 0 Å². The molecule has 1 aliphatic heterocycles. The van der Waals surface area contributed by atoms with Crippen LogP contribution in [0.4, 0.5) is 5.69 Å². The van der Waals surface area contributed by atoms with E-state index in [1.807, 2.05) is 0 Å². The lowest BCUT2D eigenvalue weighted by molar-refractivity contribution is -0.494. The molecule has 0 aromatic heterocycles. The number of aliphatic imine (C=N–C) groups is 1. The molecule has 0 radical (unpaired) electrons. The highest BCUT2D eigenvalue weighted by molar-refractivity contribution is 5.89. The van der Waals surface area contributed by atoms with E-state index in [4.69, 9.17) is 1.37 Å². The molecule has 0 N–H and O–H groups in total. The van der Waals surface area contributed by atoms with Crippen LogP contribution >= 0.6 is 0 Å². The molecule has 13 heavy (non-hydrogen) atoms. The second kappa shape index (κ2) is 2.85. The highest BCUT2D eigenvalue weighted by atomic mass is 16.7. The molecule has 0 saturated carbocycles. The van der Waals surface area contributed by atoms with Crippen LogP contribution in [0.5, 0.6) is 0 Å². The van der Waals surface area contributed by atoms with E-state index in [0.717, 1.165) is 5.01 Å². The maximum absolute atomic E-state index is 10.6. The van der Waals surface area contributed by atoms with E-state index in [9.17, 15) is 10.1 Å². The van der Waals surface area contributed by atoms with Crippen molar-refractivity contribution in [2.75, 3.05) is 11.7 Å². The van der Waals surface area contributed by atoms with E-state index in [1.165, 1.54) is 6.07 Å². The summed E-state index contributed by atoms with van der Waals surface area (Å²) in [5, 5.41) is 11.0. The van der Waals surface area contributed by atoms with E-state index < -0.39 is 5.03 Å². The van der Waals surface area contributed by atoms with Gasteiger partial charge in [0.25, 0.3) is 0 Å². The average molecular weight is 178 g/mol. The summed E-state index contributed by atoms with van der Waals surface area (Å²) < 4.78 is 7.37. The Kier molecular flexibility index (Phi) is 1.45. The van der Waals surface area contributed by atoms with Crippen LogP contribution in [0.25, 0.3) is 0 Å². The van der Waals surface area contributed by atoms with Gasteiger partial charge in [-0.3, -0.25) is 4.99 Å². The molecule has 5 nitrogen and oxygen atoms in total. The first-order valence-electron chi connectivity index (χ1n) is 4.21. The van der Waals surface area contributed by atoms with Gasteiger partial charge < -0.3 is 0 Å². The summed E-state index contributed by atoms with van der Waals surface area (Å²) in [6.07, 6.45) is 1.58. The van der Waals surface area contributed by atoms with E-state index in [-0.39, 0.29) is 12.7 Å². The lowest BCUT2D eigenvalue weighted by Gasteiger charge is -2.16. The first kappa shape index (κ1) is 6.59. The summed E-state index contributed by atoms with van der Waals surface area (Å²) in [6.45, 7) is 0.00343. The molecule has 0 unspecified atom stereocenters. The Balaban J connectivity index is 2.53. The predicted octanol–water partition coefficient (Wildman–Crippen LogP) is 1.07. The van der Waals surface area contributed by atoms with E-state index in [1.54, 1.807) is 18.3 Å². The largest absolute Gasteiger partial charge is 0.265 e. The number of nitrogens with zero attached hydrogens (tertiary/aromatic N) is 3. The predicted molar refractivity (Wildman–Crippen MR) is 48.4 cm³/mol. The van der Waals surface area contributed by atoms with E-state index in [0.29, 0.717) is 11.3 Å². The van der Waals surface area contributed by atoms with Gasteiger partial charge in [0.05, 0.1) is 1.37 Å². The number of anilines is 1. The van der Waals surface area contributed by atoms with Crippen molar-refractivity contribution in [3.05, 3.63) is 39.9 Å². The fourth-order valence-electron chi connectivity index (χ4n) is 1.20. The van der Waals surface area contributed by atoms with Crippen LogP contribution < -0.4 is 5.01 Å². The minimum absolute atomic E-state index is 0.00343. The van der Waals surface area contributed by atoms with E-state index >= 15 is 0 Å². The van der Waals surface area contributed by atoms with Crippen LogP contribution in [0.1, 0.15) is 6.93 Å². The van der Waals surface area contributed by atoms with Crippen molar-refractivity contribution in [3.63, 3.8) is 0 Å². The SMILES string of the molecule is [2H]c1ccc2c(c1)N([N+](=O)[O-])CN=C2. The number of benzene rings is 1. The molecular formula is C8H7N3O2. The standard InChI is InChI=1S/C8H7N3O2/c12-11(13)10-6-9-5-7-3-1-2-4-8(7)10/h1-5H,6H2/i2D. The molecule has 0 fully saturated rings. The van der Waals surface area contributed by atoms with Crippen molar-refractivity contribution < 1.29 is 6.40 Å². The molecule has 0 atom stereocenters. The number of para-hydroxylation sites is 1. The summed E-state index contributed by atoms with van der Waals surface area (Å²) in [7, 11) is 0. The molecule has 2 rings (SSSR count). The first-order chi connectivity index (χ1) is 6.68. The van der Waals surface area contributed by atoms with Crippen LogP contribution in [-0.4, -0.2) is 17.9 Å². The summed E-state index contributed by atoms with van der Waals surface area (Å²) in [5.41, 5.74) is 1.10. The van der Waals surface area contributed by atoms with Gasteiger partial charge in [-0.25, -0.2) is 10.1 Å². The quantitative estimate of drug-likeness (QED) is 0.477. The number of fused-ring (bicyclic) bond motifs is 1. The van der Waals surface area contributed by atoms with Crippen molar-refractivity contribution in [1.29, 1.82) is 0 Å². The molecule has 1 heterocycles. The minimum atomic E-state index is -0.519. The third-order valence-electron chi connectivity index (χ3n) is 1.80. The highest BCUT2D eigenvalue weighted by Gasteiger charge is 2.21. The molecule has 1 aromatic rings. The van der Waals surface area contributed by atoms with Gasteiger partial charge in [0.2, 0.25) is 0 Å². The van der Waals surface area contributed by atoms with Crippen molar-refractivity contribution in [1.82, 2.24) is 0 Å². The molecule has 0 amide bonds. The fourth-order valence-corrected chi connectivity index (χ4v) is 1.20. The maximum Gasteiger partial charge on any atom is 0.174 e. The third-order valence-corrected chi connectivity index (χ3v) is 1.80. The number of rotatable bonds is 1. The van der Waals surface area contributed by atoms with Crippen LogP contribution in [-0.2, 0) is 0 Å². The smallest absolute Gasteiger partial charge is 0.174 e. The molecule has 1 aromatic carbocycles. The monoisotopic (exact) mass is 178 g/mol. The second-order valence-corrected chi connectivity index (χ2v) is 2.58. The van der Waals surface area contributed by atoms with Gasteiger partial charge in [0.1, 0.15) is 5.69 Å². The van der Waals surface area contributed by atoms with Crippen molar-refractivity contribution in [2.24, 2.45) is 4.99 Å². The van der Waals surface area contributed by atoms with Crippen LogP contribution in [0.2, 0.25) is 0 Å². The molecule has 0 aliphatic carbocycles. The van der Waals surface area contributed by atoms with Crippen LogP contribution in [0.3, 0.4) is 0 Å². The number of hydrogen-bond acceptors (Lipinski definition) is 3. The number of hydrazine groups is 1. The third kappa shape index (κ3) is 1.24. The second-order valence-electron chi connectivity index (χ2n) is 2.58. The average Bonchev–Trinajstić information content (AvgIpc) is 2.16. The zero-order valence-corrected chi connectivity index (χ0v) is 6.67. The van der Waals surface area contributed by atoms with Crippen molar-refractivity contribution in [2.45, 2.75) is 0 Å². The maximum atomic E-state index is 10.6. The molecule has 1 aliphatic rings. The van der Waals surface area contributed by atoms with Gasteiger partial charge in [-0.05, 0) is 6.07 Å². The summed E-state index contributed by atoms with van der Waals surface area (Å²) in [4.78, 5) is 14.5. The van der Waals surface area contributed by atoms with Crippen molar-refractivity contribution >= 4 is 11.9 Å². The lowest BCUT2D eigenvalue weighted by Crippen LogP contribution is -2.32. The van der Waals surface area contributed by atoms with Gasteiger partial charge in [-0.1, -0.05) is 23.2 Å². The molecule has 66 valence electrons. The highest BCUT2D eigenvalue weighted by Crippen LogP contribution is 2.21. The minimum Gasteiger partial charge on any atom is -0.265 e. The Hall–Kier alpha value is -1.91. The topological polar surface area (TPSA) is 58.7 Å². The number of nitro groups is 1. The lowest BCUT2D eigenvalue weighted by atomic mass is 10.2. The van der Waals surface area contributed by atoms with Gasteiger partial charge in [-0.15, -0.1) is 0 Å². The summed E-state index contributed by atoms with van der Waals surface area (Å²) in [6, 6.07) is 4.94. The van der Waals surface area contributed by atoms with E-state index in [2.05, 4.69) is 4.99 Å². The first-order valence-corrected chi connectivity index (χ1v) is 3.71. The Morgan fingerprint density at radius 1 is 1.69 bits per heavy atom. The molecule has 0 spiro atoms. The van der Waals surface area contributed by atoms with Crippen LogP contribution in [0.15, 0.2) is 29.2 Å². The normalized spacial score (nSPS) is 15.1. The zero-order chi connectivity index (χ0) is 10.1. The summed E-state index contributed by atoms with van der Waals surface area (Å²) >= 11 is 0. The Bertz CT molecular complexity index is 419. The zero-order valence-electron chi connectivity index (χ0n) is 7.67. The summed E-state index contributed by atoms with van der Waals surface area (Å²) in [5.74, 6) is 0. The molecule has 0 bridgehead atoms. The van der Waals surface area contributed by atoms with Gasteiger partial charge in [0.15, 0.2) is 11.7 Å². The Morgan fingerprint density at radius 2 is 2.54 bits per heavy atom. The van der Waals surface area contributed by atoms with Crippen LogP contribution in [0, 0.1) is 10.1 Å². The fraction of sp³-hybridized carbons (Fsp3) is 0.125. The Labute approximate surface area is 75.8 Å². The van der Waals surface area contributed by atoms with Crippen molar-refractivity contribution in [3.8, 4) is 0 Å². The molecule has 5 heteroatoms. The molecule has 0 saturated heterocycles.